The number of amides is 1. The normalized spacial score (nSPS) is 17.6. The van der Waals surface area contributed by atoms with Crippen LogP contribution in [0, 0.1) is 0 Å². The molecule has 2 N–H and O–H groups in total. The van der Waals surface area contributed by atoms with E-state index in [2.05, 4.69) is 0 Å². The van der Waals surface area contributed by atoms with E-state index >= 15 is 0 Å². The van der Waals surface area contributed by atoms with E-state index in [-0.39, 0.29) is 22.6 Å². The van der Waals surface area contributed by atoms with Gasteiger partial charge in [-0.1, -0.05) is 35.3 Å². The lowest BCUT2D eigenvalue weighted by molar-refractivity contribution is -0.132. The van der Waals surface area contributed by atoms with Gasteiger partial charge in [0.15, 0.2) is 0 Å². The third-order valence-electron chi connectivity index (χ3n) is 5.17. The van der Waals surface area contributed by atoms with Crippen molar-refractivity contribution in [2.75, 3.05) is 12.0 Å². The first-order chi connectivity index (χ1) is 15.3. The van der Waals surface area contributed by atoms with Gasteiger partial charge in [-0.2, -0.15) is 0 Å². The highest BCUT2D eigenvalue weighted by molar-refractivity contribution is 6.51. The summed E-state index contributed by atoms with van der Waals surface area (Å²) in [6, 6.07) is 16.1. The van der Waals surface area contributed by atoms with Gasteiger partial charge in [0.2, 0.25) is 0 Å². The Morgan fingerprint density at radius 1 is 0.938 bits per heavy atom. The molecule has 3 aromatic carbocycles. The largest absolute Gasteiger partial charge is 0.508 e. The van der Waals surface area contributed by atoms with Crippen LogP contribution in [-0.4, -0.2) is 29.0 Å². The minimum Gasteiger partial charge on any atom is -0.508 e. The number of aromatic hydroxyl groups is 1. The molecule has 162 valence electrons. The van der Waals surface area contributed by atoms with Crippen molar-refractivity contribution in [2.24, 2.45) is 0 Å². The van der Waals surface area contributed by atoms with Crippen LogP contribution >= 0.6 is 23.2 Å². The second-order valence-electron chi connectivity index (χ2n) is 7.08. The molecule has 1 aliphatic heterocycles. The number of nitrogens with zero attached hydrogens (tertiary/aromatic N) is 1. The second kappa shape index (κ2) is 8.57. The lowest BCUT2D eigenvalue weighted by Gasteiger charge is -2.25. The topological polar surface area (TPSA) is 87.1 Å². The number of phenols is 1. The Labute approximate surface area is 193 Å². The Morgan fingerprint density at radius 2 is 1.56 bits per heavy atom. The predicted molar refractivity (Wildman–Crippen MR) is 122 cm³/mol. The highest BCUT2D eigenvalue weighted by Gasteiger charge is 2.47. The van der Waals surface area contributed by atoms with Gasteiger partial charge in [-0.3, -0.25) is 14.5 Å². The van der Waals surface area contributed by atoms with Gasteiger partial charge in [0.1, 0.15) is 17.3 Å². The average Bonchev–Trinajstić information content (AvgIpc) is 3.05. The molecule has 1 fully saturated rings. The van der Waals surface area contributed by atoms with Gasteiger partial charge in [-0.25, -0.2) is 0 Å². The van der Waals surface area contributed by atoms with Crippen LogP contribution in [0.2, 0.25) is 10.0 Å². The summed E-state index contributed by atoms with van der Waals surface area (Å²) < 4.78 is 5.31. The Kier molecular flexibility index (Phi) is 5.82. The SMILES string of the molecule is COc1ccc(Cl)cc1/C(O)=C1\C(=O)C(=O)N(c2ccc(Cl)cc2)C1c1ccc(O)cc1. The summed E-state index contributed by atoms with van der Waals surface area (Å²) in [5.41, 5.74) is 0.986. The number of benzene rings is 3. The van der Waals surface area contributed by atoms with Crippen molar-refractivity contribution in [3.8, 4) is 11.5 Å². The number of hydrogen-bond donors (Lipinski definition) is 2. The lowest BCUT2D eigenvalue weighted by atomic mass is 9.94. The molecule has 8 heteroatoms. The molecule has 0 bridgehead atoms. The van der Waals surface area contributed by atoms with Crippen LogP contribution in [0.15, 0.2) is 72.3 Å². The third kappa shape index (κ3) is 3.79. The molecule has 3 aromatic rings. The fourth-order valence-electron chi connectivity index (χ4n) is 3.68. The van der Waals surface area contributed by atoms with Crippen molar-refractivity contribution in [2.45, 2.75) is 6.04 Å². The van der Waals surface area contributed by atoms with Crippen molar-refractivity contribution >= 4 is 46.3 Å². The van der Waals surface area contributed by atoms with Crippen molar-refractivity contribution in [1.29, 1.82) is 0 Å². The maximum Gasteiger partial charge on any atom is 0.300 e. The molecule has 0 saturated carbocycles. The zero-order valence-electron chi connectivity index (χ0n) is 16.8. The first-order valence-corrected chi connectivity index (χ1v) is 10.3. The van der Waals surface area contributed by atoms with Crippen molar-refractivity contribution in [3.63, 3.8) is 0 Å². The number of carbonyl (C=O) groups is 2. The van der Waals surface area contributed by atoms with Crippen LogP contribution in [0.3, 0.4) is 0 Å². The van der Waals surface area contributed by atoms with Gasteiger partial charge in [-0.05, 0) is 60.2 Å². The van der Waals surface area contributed by atoms with E-state index in [1.807, 2.05) is 0 Å². The highest BCUT2D eigenvalue weighted by Crippen LogP contribution is 2.44. The highest BCUT2D eigenvalue weighted by atomic mass is 35.5. The van der Waals surface area contributed by atoms with Crippen LogP contribution in [0.1, 0.15) is 17.2 Å². The minimum absolute atomic E-state index is 0.0219. The minimum atomic E-state index is -0.958. The summed E-state index contributed by atoms with van der Waals surface area (Å²) in [6.45, 7) is 0. The number of Topliss-reactive ketones (excluding diaryl/α,β-unsaturated/α-hetero) is 1. The van der Waals surface area contributed by atoms with Crippen LogP contribution in [0.4, 0.5) is 5.69 Å². The number of ketones is 1. The molecule has 1 saturated heterocycles. The standard InChI is InChI=1S/C24H17Cl2NO5/c1-32-19-11-6-15(26)12-18(19)22(29)20-21(13-2-9-17(28)10-3-13)27(24(31)23(20)30)16-7-4-14(25)5-8-16/h2-12,21,28-29H,1H3/b22-20+. The number of aliphatic hydroxyl groups is 1. The summed E-state index contributed by atoms with van der Waals surface area (Å²) in [7, 11) is 1.42. The fraction of sp³-hybridized carbons (Fsp3) is 0.0833. The number of halogens is 2. The van der Waals surface area contributed by atoms with Gasteiger partial charge in [0, 0.05) is 15.7 Å². The number of methoxy groups -OCH3 is 1. The number of carbonyl (C=O) groups excluding carboxylic acids is 2. The smallest absolute Gasteiger partial charge is 0.300 e. The van der Waals surface area contributed by atoms with Crippen LogP contribution in [-0.2, 0) is 9.59 Å². The summed E-state index contributed by atoms with van der Waals surface area (Å²) in [5.74, 6) is -1.79. The lowest BCUT2D eigenvalue weighted by Crippen LogP contribution is -2.29. The molecule has 0 aliphatic carbocycles. The Balaban J connectivity index is 1.98. The Hall–Kier alpha value is -3.48. The molecule has 0 radical (unpaired) electrons. The number of hydrogen-bond acceptors (Lipinski definition) is 5. The molecular formula is C24H17Cl2NO5. The van der Waals surface area contributed by atoms with Gasteiger partial charge >= 0.3 is 0 Å². The summed E-state index contributed by atoms with van der Waals surface area (Å²) in [4.78, 5) is 27.5. The van der Waals surface area contributed by atoms with Crippen LogP contribution in [0.5, 0.6) is 11.5 Å². The fourth-order valence-corrected chi connectivity index (χ4v) is 3.98. The van der Waals surface area contributed by atoms with Crippen LogP contribution < -0.4 is 9.64 Å². The van der Waals surface area contributed by atoms with E-state index in [4.69, 9.17) is 27.9 Å². The molecule has 32 heavy (non-hydrogen) atoms. The summed E-state index contributed by atoms with van der Waals surface area (Å²) in [5, 5.41) is 21.7. The van der Waals surface area contributed by atoms with Crippen molar-refractivity contribution in [3.05, 3.63) is 93.5 Å². The molecule has 1 amide bonds. The van der Waals surface area contributed by atoms with E-state index in [1.165, 1.54) is 30.2 Å². The van der Waals surface area contributed by atoms with Gasteiger partial charge in [0.05, 0.1) is 24.3 Å². The molecule has 6 nitrogen and oxygen atoms in total. The maximum absolute atomic E-state index is 13.1. The molecule has 1 unspecified atom stereocenters. The number of anilines is 1. The van der Waals surface area contributed by atoms with E-state index < -0.39 is 23.5 Å². The number of phenolic OH excluding ortho intramolecular Hbond substituents is 1. The van der Waals surface area contributed by atoms with Gasteiger partial charge in [0.25, 0.3) is 11.7 Å². The van der Waals surface area contributed by atoms with Gasteiger partial charge < -0.3 is 14.9 Å². The zero-order valence-corrected chi connectivity index (χ0v) is 18.3. The van der Waals surface area contributed by atoms with Crippen LogP contribution in [0.25, 0.3) is 5.76 Å². The number of ether oxygens (including phenoxy) is 1. The second-order valence-corrected chi connectivity index (χ2v) is 7.95. The summed E-state index contributed by atoms with van der Waals surface area (Å²) >= 11 is 12.1. The number of rotatable bonds is 4. The average molecular weight is 470 g/mol. The number of aliphatic hydroxyl groups excluding tert-OH is 1. The molecule has 0 spiro atoms. The maximum atomic E-state index is 13.1. The zero-order chi connectivity index (χ0) is 23.0. The quantitative estimate of drug-likeness (QED) is 0.306. The monoisotopic (exact) mass is 469 g/mol. The van der Waals surface area contributed by atoms with E-state index in [0.717, 1.165) is 0 Å². The van der Waals surface area contributed by atoms with Crippen molar-refractivity contribution < 1.29 is 24.5 Å². The van der Waals surface area contributed by atoms with E-state index in [0.29, 0.717) is 21.3 Å². The van der Waals surface area contributed by atoms with Crippen molar-refractivity contribution in [1.82, 2.24) is 0 Å². The van der Waals surface area contributed by atoms with E-state index in [1.54, 1.807) is 48.5 Å². The molecule has 1 aliphatic rings. The Morgan fingerprint density at radius 3 is 2.19 bits per heavy atom. The molecule has 4 rings (SSSR count). The molecule has 0 aromatic heterocycles. The van der Waals surface area contributed by atoms with Gasteiger partial charge in [-0.15, -0.1) is 0 Å². The summed E-state index contributed by atoms with van der Waals surface area (Å²) in [6.07, 6.45) is 0. The van der Waals surface area contributed by atoms with E-state index in [9.17, 15) is 19.8 Å². The first kappa shape index (κ1) is 21.7. The first-order valence-electron chi connectivity index (χ1n) is 9.51. The molecular weight excluding hydrogens is 453 g/mol. The predicted octanol–water partition coefficient (Wildman–Crippen LogP) is 5.33. The Bertz CT molecular complexity index is 1240. The molecule has 1 heterocycles. The third-order valence-corrected chi connectivity index (χ3v) is 5.66. The molecule has 1 atom stereocenters.